The molecule has 2 heterocycles. The summed E-state index contributed by atoms with van der Waals surface area (Å²) in [4.78, 5) is 5.37. The van der Waals surface area contributed by atoms with E-state index in [1.807, 2.05) is 0 Å². The van der Waals surface area contributed by atoms with Gasteiger partial charge in [0.2, 0.25) is 0 Å². The van der Waals surface area contributed by atoms with Crippen LogP contribution >= 0.6 is 27.5 Å². The zero-order chi connectivity index (χ0) is 14.9. The van der Waals surface area contributed by atoms with Gasteiger partial charge in [-0.2, -0.15) is 13.2 Å². The van der Waals surface area contributed by atoms with Crippen LogP contribution in [0, 0.1) is 0 Å². The van der Waals surface area contributed by atoms with E-state index in [0.717, 1.165) is 12.3 Å². The molecule has 0 unspecified atom stereocenters. The Morgan fingerprint density at radius 3 is 2.60 bits per heavy atom. The lowest BCUT2D eigenvalue weighted by Gasteiger charge is -2.18. The van der Waals surface area contributed by atoms with Crippen LogP contribution < -0.4 is 4.90 Å². The van der Waals surface area contributed by atoms with Crippen molar-refractivity contribution in [3.8, 4) is 0 Å². The summed E-state index contributed by atoms with van der Waals surface area (Å²) in [5.74, 6) is 0.893. The Hall–Kier alpha value is -1.21. The van der Waals surface area contributed by atoms with E-state index in [1.54, 1.807) is 24.1 Å². The lowest BCUT2D eigenvalue weighted by molar-refractivity contribution is -0.137. The van der Waals surface area contributed by atoms with Crippen molar-refractivity contribution in [1.29, 1.82) is 0 Å². The van der Waals surface area contributed by atoms with E-state index in [2.05, 4.69) is 20.9 Å². The standard InChI is InChI=1S/C12H9BrClF3N2O/c1-19(6-8-2-3-10(13)20-8)11-9(14)4-7(5-18-11)12(15,16)17/h2-5H,6H2,1H3. The number of anilines is 1. The minimum Gasteiger partial charge on any atom is -0.452 e. The molecule has 0 amide bonds. The van der Waals surface area contributed by atoms with Gasteiger partial charge in [-0.25, -0.2) is 4.98 Å². The number of pyridine rings is 1. The molecule has 0 N–H and O–H groups in total. The molecule has 8 heteroatoms. The molecule has 0 saturated carbocycles. The average Bonchev–Trinajstić information content (AvgIpc) is 2.73. The fourth-order valence-electron chi connectivity index (χ4n) is 1.61. The summed E-state index contributed by atoms with van der Waals surface area (Å²) in [6, 6.07) is 4.34. The molecule has 0 aliphatic rings. The van der Waals surface area contributed by atoms with Crippen LogP contribution in [0.1, 0.15) is 11.3 Å². The van der Waals surface area contributed by atoms with Crippen LogP contribution in [0.3, 0.4) is 0 Å². The number of furan rings is 1. The van der Waals surface area contributed by atoms with Gasteiger partial charge >= 0.3 is 6.18 Å². The van der Waals surface area contributed by atoms with Gasteiger partial charge in [-0.3, -0.25) is 0 Å². The summed E-state index contributed by atoms with van der Waals surface area (Å²) < 4.78 is 43.4. The van der Waals surface area contributed by atoms with E-state index in [4.69, 9.17) is 16.0 Å². The van der Waals surface area contributed by atoms with Gasteiger partial charge in [-0.1, -0.05) is 11.6 Å². The van der Waals surface area contributed by atoms with Gasteiger partial charge in [0.25, 0.3) is 0 Å². The minimum atomic E-state index is -4.46. The summed E-state index contributed by atoms with van der Waals surface area (Å²) >= 11 is 9.03. The zero-order valence-corrected chi connectivity index (χ0v) is 12.6. The number of hydrogen-bond donors (Lipinski definition) is 0. The lowest BCUT2D eigenvalue weighted by Crippen LogP contribution is -2.18. The predicted molar refractivity (Wildman–Crippen MR) is 72.8 cm³/mol. The molecule has 0 bridgehead atoms. The first-order chi connectivity index (χ1) is 9.27. The van der Waals surface area contributed by atoms with Crippen LogP contribution in [0.15, 0.2) is 33.5 Å². The first-order valence-electron chi connectivity index (χ1n) is 5.45. The van der Waals surface area contributed by atoms with Crippen LogP contribution in [-0.2, 0) is 12.7 Å². The topological polar surface area (TPSA) is 29.3 Å². The number of hydrogen-bond acceptors (Lipinski definition) is 3. The SMILES string of the molecule is CN(Cc1ccc(Br)o1)c1ncc(C(F)(F)F)cc1Cl. The number of rotatable bonds is 3. The minimum absolute atomic E-state index is 0.0621. The van der Waals surface area contributed by atoms with E-state index >= 15 is 0 Å². The molecule has 0 radical (unpaired) electrons. The summed E-state index contributed by atoms with van der Waals surface area (Å²) in [5.41, 5.74) is -0.875. The van der Waals surface area contributed by atoms with Gasteiger partial charge in [-0.05, 0) is 34.1 Å². The van der Waals surface area contributed by atoms with Crippen molar-refractivity contribution in [3.05, 3.63) is 45.4 Å². The Labute approximate surface area is 126 Å². The highest BCUT2D eigenvalue weighted by Crippen LogP contribution is 2.33. The highest BCUT2D eigenvalue weighted by Gasteiger charge is 2.31. The monoisotopic (exact) mass is 368 g/mol. The molecule has 0 spiro atoms. The van der Waals surface area contributed by atoms with Crippen LogP contribution in [0.2, 0.25) is 5.02 Å². The lowest BCUT2D eigenvalue weighted by atomic mass is 10.2. The maximum Gasteiger partial charge on any atom is 0.417 e. The summed E-state index contributed by atoms with van der Waals surface area (Å²) in [7, 11) is 1.66. The predicted octanol–water partition coefficient (Wildman–Crippen LogP) is 4.75. The number of nitrogens with zero attached hydrogens (tertiary/aromatic N) is 2. The Morgan fingerprint density at radius 1 is 1.40 bits per heavy atom. The second kappa shape index (κ2) is 5.65. The van der Waals surface area contributed by atoms with E-state index < -0.39 is 11.7 Å². The quantitative estimate of drug-likeness (QED) is 0.782. The molecule has 0 fully saturated rings. The molecule has 20 heavy (non-hydrogen) atoms. The number of halogens is 5. The molecular formula is C12H9BrClF3N2O. The number of aromatic nitrogens is 1. The second-order valence-electron chi connectivity index (χ2n) is 4.09. The molecule has 108 valence electrons. The maximum atomic E-state index is 12.5. The van der Waals surface area contributed by atoms with Gasteiger partial charge in [0, 0.05) is 13.2 Å². The zero-order valence-electron chi connectivity index (χ0n) is 10.2. The molecule has 0 atom stereocenters. The van der Waals surface area contributed by atoms with E-state index in [0.29, 0.717) is 17.0 Å². The van der Waals surface area contributed by atoms with Crippen molar-refractivity contribution in [3.63, 3.8) is 0 Å². The van der Waals surface area contributed by atoms with Crippen molar-refractivity contribution in [2.24, 2.45) is 0 Å². The third-order valence-electron chi connectivity index (χ3n) is 2.53. The molecule has 0 saturated heterocycles. The molecule has 3 nitrogen and oxygen atoms in total. The fraction of sp³-hybridized carbons (Fsp3) is 0.250. The van der Waals surface area contributed by atoms with Gasteiger partial charge in [0.15, 0.2) is 4.67 Å². The summed E-state index contributed by atoms with van der Waals surface area (Å²) in [5, 5.41) is -0.0621. The molecule has 0 aliphatic carbocycles. The first kappa shape index (κ1) is 15.2. The molecule has 2 rings (SSSR count). The van der Waals surface area contributed by atoms with Gasteiger partial charge < -0.3 is 9.32 Å². The third kappa shape index (κ3) is 3.46. The molecule has 2 aromatic rings. The average molecular weight is 370 g/mol. The van der Waals surface area contributed by atoms with Gasteiger partial charge in [-0.15, -0.1) is 0 Å². The molecule has 2 aromatic heterocycles. The van der Waals surface area contributed by atoms with Crippen molar-refractivity contribution in [2.45, 2.75) is 12.7 Å². The first-order valence-corrected chi connectivity index (χ1v) is 6.62. The van der Waals surface area contributed by atoms with Gasteiger partial charge in [0.05, 0.1) is 17.1 Å². The Balaban J connectivity index is 2.20. The summed E-state index contributed by atoms with van der Waals surface area (Å²) in [6.45, 7) is 0.337. The highest BCUT2D eigenvalue weighted by molar-refractivity contribution is 9.10. The van der Waals surface area contributed by atoms with Crippen molar-refractivity contribution in [2.75, 3.05) is 11.9 Å². The molecule has 0 aliphatic heterocycles. The van der Waals surface area contributed by atoms with Crippen molar-refractivity contribution in [1.82, 2.24) is 4.98 Å². The Kier molecular flexibility index (Phi) is 4.29. The van der Waals surface area contributed by atoms with E-state index in [9.17, 15) is 13.2 Å². The Bertz CT molecular complexity index is 615. The van der Waals surface area contributed by atoms with Crippen LogP contribution in [0.5, 0.6) is 0 Å². The van der Waals surface area contributed by atoms with Gasteiger partial charge in [0.1, 0.15) is 11.6 Å². The van der Waals surface area contributed by atoms with E-state index in [1.165, 1.54) is 0 Å². The largest absolute Gasteiger partial charge is 0.452 e. The Morgan fingerprint density at radius 2 is 2.10 bits per heavy atom. The van der Waals surface area contributed by atoms with Crippen molar-refractivity contribution < 1.29 is 17.6 Å². The highest BCUT2D eigenvalue weighted by atomic mass is 79.9. The second-order valence-corrected chi connectivity index (χ2v) is 5.28. The summed E-state index contributed by atoms with van der Waals surface area (Å²) in [6.07, 6.45) is -3.70. The van der Waals surface area contributed by atoms with Crippen LogP contribution in [0.25, 0.3) is 0 Å². The van der Waals surface area contributed by atoms with E-state index in [-0.39, 0.29) is 10.8 Å². The van der Waals surface area contributed by atoms with Crippen LogP contribution in [-0.4, -0.2) is 12.0 Å². The smallest absolute Gasteiger partial charge is 0.417 e. The fourth-order valence-corrected chi connectivity index (χ4v) is 2.26. The third-order valence-corrected chi connectivity index (χ3v) is 3.24. The maximum absolute atomic E-state index is 12.5. The normalized spacial score (nSPS) is 11.7. The number of alkyl halides is 3. The van der Waals surface area contributed by atoms with Crippen LogP contribution in [0.4, 0.5) is 19.0 Å². The molecular weight excluding hydrogens is 360 g/mol. The van der Waals surface area contributed by atoms with Crippen molar-refractivity contribution >= 4 is 33.3 Å². The molecule has 0 aromatic carbocycles.